The van der Waals surface area contributed by atoms with Crippen LogP contribution in [0.25, 0.3) is 11.3 Å². The first-order valence-electron chi connectivity index (χ1n) is 9.36. The number of nitrogens with zero attached hydrogens (tertiary/aromatic N) is 2. The molecule has 0 aliphatic carbocycles. The van der Waals surface area contributed by atoms with Gasteiger partial charge in [0.2, 0.25) is 0 Å². The average Bonchev–Trinajstić information content (AvgIpc) is 3.20. The Morgan fingerprint density at radius 2 is 1.93 bits per heavy atom. The lowest BCUT2D eigenvalue weighted by Gasteiger charge is -2.11. The molecular weight excluding hydrogens is 352 g/mol. The molecule has 0 bridgehead atoms. The fraction of sp³-hybridized carbons (Fsp3) is 0.273. The van der Waals surface area contributed by atoms with Gasteiger partial charge in [0.25, 0.3) is 0 Å². The van der Waals surface area contributed by atoms with Crippen LogP contribution in [0, 0.1) is 6.92 Å². The van der Waals surface area contributed by atoms with Gasteiger partial charge in [-0.25, -0.2) is 4.99 Å². The van der Waals surface area contributed by atoms with E-state index in [-0.39, 0.29) is 0 Å². The monoisotopic (exact) mass is 378 g/mol. The molecule has 1 heterocycles. The van der Waals surface area contributed by atoms with Crippen molar-refractivity contribution in [2.24, 2.45) is 4.99 Å². The molecule has 2 N–H and O–H groups in total. The lowest BCUT2D eigenvalue weighted by Crippen LogP contribution is -2.36. The Labute approximate surface area is 165 Å². The number of aromatic nitrogens is 1. The van der Waals surface area contributed by atoms with Gasteiger partial charge in [0.1, 0.15) is 11.4 Å². The van der Waals surface area contributed by atoms with Crippen molar-refractivity contribution in [3.05, 3.63) is 71.4 Å². The summed E-state index contributed by atoms with van der Waals surface area (Å²) in [6.45, 7) is 5.89. The number of hydrogen-bond acceptors (Lipinski definition) is 4. The largest absolute Gasteiger partial charge is 0.496 e. The van der Waals surface area contributed by atoms with Crippen LogP contribution in [0.3, 0.4) is 0 Å². The van der Waals surface area contributed by atoms with E-state index in [1.54, 1.807) is 7.11 Å². The Morgan fingerprint density at radius 3 is 2.68 bits per heavy atom. The number of aryl methyl sites for hydroxylation is 1. The average molecular weight is 378 g/mol. The number of nitrogens with one attached hydrogen (secondary N) is 2. The van der Waals surface area contributed by atoms with Crippen LogP contribution < -0.4 is 15.4 Å². The molecule has 0 atom stereocenters. The van der Waals surface area contributed by atoms with E-state index in [1.165, 1.54) is 0 Å². The van der Waals surface area contributed by atoms with Gasteiger partial charge < -0.3 is 19.9 Å². The SMILES string of the molecule is CCNC(=NCc1ccc(C)cc1OC)NCc1cc(-c2ccccc2)on1. The van der Waals surface area contributed by atoms with Crippen molar-refractivity contribution in [1.82, 2.24) is 15.8 Å². The van der Waals surface area contributed by atoms with E-state index in [4.69, 9.17) is 9.26 Å². The number of rotatable bonds is 7. The van der Waals surface area contributed by atoms with Gasteiger partial charge in [-0.3, -0.25) is 0 Å². The molecule has 1 aromatic heterocycles. The molecule has 0 radical (unpaired) electrons. The second kappa shape index (κ2) is 9.60. The maximum Gasteiger partial charge on any atom is 0.191 e. The zero-order valence-electron chi connectivity index (χ0n) is 16.5. The molecule has 0 aliphatic heterocycles. The first-order valence-corrected chi connectivity index (χ1v) is 9.36. The first kappa shape index (κ1) is 19.5. The Morgan fingerprint density at radius 1 is 1.11 bits per heavy atom. The van der Waals surface area contributed by atoms with Crippen molar-refractivity contribution < 1.29 is 9.26 Å². The first-order chi connectivity index (χ1) is 13.7. The lowest BCUT2D eigenvalue weighted by atomic mass is 10.1. The van der Waals surface area contributed by atoms with E-state index in [0.29, 0.717) is 13.1 Å². The molecule has 0 saturated heterocycles. The van der Waals surface area contributed by atoms with Crippen molar-refractivity contribution in [3.63, 3.8) is 0 Å². The lowest BCUT2D eigenvalue weighted by molar-refractivity contribution is 0.409. The van der Waals surface area contributed by atoms with Crippen LogP contribution in [0.15, 0.2) is 64.1 Å². The minimum Gasteiger partial charge on any atom is -0.496 e. The molecule has 0 unspecified atom stereocenters. The van der Waals surface area contributed by atoms with Crippen molar-refractivity contribution in [2.45, 2.75) is 26.9 Å². The number of ether oxygens (including phenoxy) is 1. The highest BCUT2D eigenvalue weighted by Crippen LogP contribution is 2.21. The highest BCUT2D eigenvalue weighted by Gasteiger charge is 2.08. The van der Waals surface area contributed by atoms with Crippen LogP contribution in [-0.4, -0.2) is 24.8 Å². The third kappa shape index (κ3) is 5.13. The summed E-state index contributed by atoms with van der Waals surface area (Å²) in [5.41, 5.74) is 4.03. The molecule has 0 aliphatic rings. The van der Waals surface area contributed by atoms with Gasteiger partial charge in [-0.1, -0.05) is 47.6 Å². The van der Waals surface area contributed by atoms with Crippen LogP contribution in [0.5, 0.6) is 5.75 Å². The topological polar surface area (TPSA) is 71.7 Å². The van der Waals surface area contributed by atoms with Crippen LogP contribution in [0.4, 0.5) is 0 Å². The highest BCUT2D eigenvalue weighted by atomic mass is 16.5. The van der Waals surface area contributed by atoms with Crippen LogP contribution >= 0.6 is 0 Å². The van der Waals surface area contributed by atoms with Gasteiger partial charge in [-0.05, 0) is 25.5 Å². The molecule has 6 heteroatoms. The van der Waals surface area contributed by atoms with Gasteiger partial charge in [0, 0.05) is 23.7 Å². The van der Waals surface area contributed by atoms with Gasteiger partial charge in [0.15, 0.2) is 11.7 Å². The second-order valence-corrected chi connectivity index (χ2v) is 6.41. The minimum absolute atomic E-state index is 0.521. The van der Waals surface area contributed by atoms with E-state index < -0.39 is 0 Å². The van der Waals surface area contributed by atoms with Crippen molar-refractivity contribution >= 4 is 5.96 Å². The Balaban J connectivity index is 1.65. The zero-order valence-corrected chi connectivity index (χ0v) is 16.5. The van der Waals surface area contributed by atoms with Crippen LogP contribution in [0.2, 0.25) is 0 Å². The number of guanidine groups is 1. The minimum atomic E-state index is 0.521. The van der Waals surface area contributed by atoms with E-state index in [1.807, 2.05) is 62.4 Å². The van der Waals surface area contributed by atoms with Crippen molar-refractivity contribution in [2.75, 3.05) is 13.7 Å². The molecule has 6 nitrogen and oxygen atoms in total. The standard InChI is InChI=1S/C22H26N4O2/c1-4-23-22(24-14-18-11-10-16(2)12-20(18)27-3)25-15-19-13-21(28-26-19)17-8-6-5-7-9-17/h5-13H,4,14-15H2,1-3H3,(H2,23,24,25). The fourth-order valence-corrected chi connectivity index (χ4v) is 2.80. The predicted molar refractivity (Wildman–Crippen MR) is 111 cm³/mol. The van der Waals surface area contributed by atoms with Gasteiger partial charge in [-0.2, -0.15) is 0 Å². The maximum atomic E-state index is 5.46. The summed E-state index contributed by atoms with van der Waals surface area (Å²) in [5, 5.41) is 10.7. The van der Waals surface area contributed by atoms with E-state index in [0.717, 1.165) is 46.4 Å². The summed E-state index contributed by atoms with van der Waals surface area (Å²) in [5.74, 6) is 2.32. The summed E-state index contributed by atoms with van der Waals surface area (Å²) in [4.78, 5) is 4.66. The molecule has 3 rings (SSSR count). The van der Waals surface area contributed by atoms with Crippen LogP contribution in [-0.2, 0) is 13.1 Å². The smallest absolute Gasteiger partial charge is 0.191 e. The molecule has 28 heavy (non-hydrogen) atoms. The Bertz CT molecular complexity index is 919. The molecular formula is C22H26N4O2. The molecule has 0 saturated carbocycles. The third-order valence-electron chi connectivity index (χ3n) is 4.25. The summed E-state index contributed by atoms with van der Waals surface area (Å²) < 4.78 is 10.9. The number of aliphatic imine (C=N–C) groups is 1. The fourth-order valence-electron chi connectivity index (χ4n) is 2.80. The van der Waals surface area contributed by atoms with Gasteiger partial charge in [-0.15, -0.1) is 0 Å². The summed E-state index contributed by atoms with van der Waals surface area (Å²) in [6, 6.07) is 18.0. The van der Waals surface area contributed by atoms with Gasteiger partial charge in [0.05, 0.1) is 20.2 Å². The highest BCUT2D eigenvalue weighted by molar-refractivity contribution is 5.79. The van der Waals surface area contributed by atoms with E-state index >= 15 is 0 Å². The maximum absolute atomic E-state index is 5.46. The normalized spacial score (nSPS) is 11.3. The van der Waals surface area contributed by atoms with Gasteiger partial charge >= 0.3 is 0 Å². The number of benzene rings is 2. The Kier molecular flexibility index (Phi) is 6.68. The molecule has 146 valence electrons. The van der Waals surface area contributed by atoms with E-state index in [2.05, 4.69) is 26.8 Å². The molecule has 0 spiro atoms. The summed E-state index contributed by atoms with van der Waals surface area (Å²) in [7, 11) is 1.68. The molecule has 0 fully saturated rings. The van der Waals surface area contributed by atoms with E-state index in [9.17, 15) is 0 Å². The number of methoxy groups -OCH3 is 1. The van der Waals surface area contributed by atoms with Crippen molar-refractivity contribution in [1.29, 1.82) is 0 Å². The third-order valence-corrected chi connectivity index (χ3v) is 4.25. The second-order valence-electron chi connectivity index (χ2n) is 6.41. The number of hydrogen-bond donors (Lipinski definition) is 2. The summed E-state index contributed by atoms with van der Waals surface area (Å²) >= 11 is 0. The quantitative estimate of drug-likeness (QED) is 0.482. The molecule has 3 aromatic rings. The Hall–Kier alpha value is -3.28. The molecule has 2 aromatic carbocycles. The van der Waals surface area contributed by atoms with Crippen molar-refractivity contribution in [3.8, 4) is 17.1 Å². The molecule has 0 amide bonds. The summed E-state index contributed by atoms with van der Waals surface area (Å²) in [6.07, 6.45) is 0. The van der Waals surface area contributed by atoms with Crippen LogP contribution in [0.1, 0.15) is 23.7 Å². The predicted octanol–water partition coefficient (Wildman–Crippen LogP) is 3.91. The zero-order chi connectivity index (χ0) is 19.8.